The second-order valence-electron chi connectivity index (χ2n) is 4.01. The molecular weight excluding hydrogens is 349 g/mol. The normalized spacial score (nSPS) is 10.8. The van der Waals surface area contributed by atoms with E-state index < -0.39 is 6.36 Å². The lowest BCUT2D eigenvalue weighted by Gasteiger charge is -2.15. The van der Waals surface area contributed by atoms with Gasteiger partial charge in [-0.05, 0) is 36.4 Å². The molecule has 21 heavy (non-hydrogen) atoms. The molecule has 0 unspecified atom stereocenters. The second kappa shape index (κ2) is 6.06. The number of hydrogen-bond acceptors (Lipinski definition) is 3. The summed E-state index contributed by atoms with van der Waals surface area (Å²) < 4.78 is 41.6. The number of ether oxygens (including phenoxy) is 1. The van der Waals surface area contributed by atoms with Crippen LogP contribution in [0, 0.1) is 11.3 Å². The third-order valence-corrected chi connectivity index (χ3v) is 2.93. The Hall–Kier alpha value is -2.20. The number of nitriles is 1. The van der Waals surface area contributed by atoms with Gasteiger partial charge in [-0.1, -0.05) is 22.0 Å². The second-order valence-corrected chi connectivity index (χ2v) is 4.92. The molecule has 2 aromatic carbocycles. The lowest BCUT2D eigenvalue weighted by atomic mass is 10.2. The van der Waals surface area contributed by atoms with Crippen LogP contribution in [-0.4, -0.2) is 6.36 Å². The molecule has 3 nitrogen and oxygen atoms in total. The van der Waals surface area contributed by atoms with Crippen molar-refractivity contribution in [2.75, 3.05) is 5.32 Å². The van der Waals surface area contributed by atoms with Crippen LogP contribution in [0.1, 0.15) is 5.56 Å². The molecule has 0 radical (unpaired) electrons. The summed E-state index contributed by atoms with van der Waals surface area (Å²) in [6, 6.07) is 12.6. The van der Waals surface area contributed by atoms with Crippen LogP contribution in [-0.2, 0) is 0 Å². The number of nitrogens with zero attached hydrogens (tertiary/aromatic N) is 1. The zero-order valence-electron chi connectivity index (χ0n) is 10.4. The Morgan fingerprint density at radius 2 is 1.90 bits per heavy atom. The summed E-state index contributed by atoms with van der Waals surface area (Å²) >= 11 is 3.09. The molecule has 7 heteroatoms. The van der Waals surface area contributed by atoms with Crippen molar-refractivity contribution in [1.29, 1.82) is 5.26 Å². The van der Waals surface area contributed by atoms with Gasteiger partial charge in [-0.25, -0.2) is 0 Å². The first-order chi connectivity index (χ1) is 9.87. The first kappa shape index (κ1) is 15.2. The Bertz CT molecular complexity index is 695. The predicted octanol–water partition coefficient (Wildman–Crippen LogP) is 4.96. The number of rotatable bonds is 3. The van der Waals surface area contributed by atoms with Gasteiger partial charge in [0.1, 0.15) is 0 Å². The number of anilines is 2. The van der Waals surface area contributed by atoms with Crippen LogP contribution in [0.5, 0.6) is 5.75 Å². The van der Waals surface area contributed by atoms with Crippen LogP contribution in [0.3, 0.4) is 0 Å². The quantitative estimate of drug-likeness (QED) is 0.844. The molecule has 0 atom stereocenters. The van der Waals surface area contributed by atoms with Crippen molar-refractivity contribution >= 4 is 27.3 Å². The molecule has 0 aromatic heterocycles. The smallest absolute Gasteiger partial charge is 0.404 e. The molecule has 0 aliphatic carbocycles. The fourth-order valence-electron chi connectivity index (χ4n) is 1.63. The highest BCUT2D eigenvalue weighted by Crippen LogP contribution is 2.34. The van der Waals surface area contributed by atoms with Crippen molar-refractivity contribution in [3.8, 4) is 11.8 Å². The molecule has 0 fully saturated rings. The van der Waals surface area contributed by atoms with Gasteiger partial charge >= 0.3 is 6.36 Å². The predicted molar refractivity (Wildman–Crippen MR) is 75.3 cm³/mol. The minimum Gasteiger partial charge on any atom is -0.404 e. The van der Waals surface area contributed by atoms with E-state index in [1.165, 1.54) is 18.2 Å². The van der Waals surface area contributed by atoms with Gasteiger partial charge in [0.05, 0.1) is 17.3 Å². The number of nitrogens with one attached hydrogen (secondary N) is 1. The Morgan fingerprint density at radius 1 is 1.14 bits per heavy atom. The van der Waals surface area contributed by atoms with Gasteiger partial charge in [0.2, 0.25) is 0 Å². The van der Waals surface area contributed by atoms with Crippen molar-refractivity contribution in [1.82, 2.24) is 0 Å². The fourth-order valence-corrected chi connectivity index (χ4v) is 1.97. The Balaban J connectivity index is 2.33. The van der Waals surface area contributed by atoms with Crippen LogP contribution in [0.15, 0.2) is 46.9 Å². The third-order valence-electron chi connectivity index (χ3n) is 2.44. The van der Waals surface area contributed by atoms with Crippen molar-refractivity contribution < 1.29 is 17.9 Å². The molecule has 0 bridgehead atoms. The molecular formula is C14H8BrF3N2O. The summed E-state index contributed by atoms with van der Waals surface area (Å²) in [4.78, 5) is 0. The minimum atomic E-state index is -4.79. The first-order valence-corrected chi connectivity index (χ1v) is 6.49. The van der Waals surface area contributed by atoms with E-state index in [9.17, 15) is 13.2 Å². The number of benzene rings is 2. The maximum Gasteiger partial charge on any atom is 0.573 e. The third kappa shape index (κ3) is 4.39. The van der Waals surface area contributed by atoms with Crippen LogP contribution in [0.2, 0.25) is 0 Å². The van der Waals surface area contributed by atoms with E-state index in [1.807, 2.05) is 6.07 Å². The lowest BCUT2D eigenvalue weighted by Crippen LogP contribution is -2.17. The van der Waals surface area contributed by atoms with E-state index in [4.69, 9.17) is 5.26 Å². The van der Waals surface area contributed by atoms with Crippen molar-refractivity contribution in [3.05, 3.63) is 52.5 Å². The molecule has 2 rings (SSSR count). The van der Waals surface area contributed by atoms with Gasteiger partial charge < -0.3 is 10.1 Å². The summed E-state index contributed by atoms with van der Waals surface area (Å²) in [7, 11) is 0. The van der Waals surface area contributed by atoms with Crippen LogP contribution < -0.4 is 10.1 Å². The van der Waals surface area contributed by atoms with Crippen molar-refractivity contribution in [2.45, 2.75) is 6.36 Å². The molecule has 0 aliphatic rings. The fraction of sp³-hybridized carbons (Fsp3) is 0.0714. The summed E-state index contributed by atoms with van der Waals surface area (Å²) in [6.07, 6.45) is -4.79. The van der Waals surface area contributed by atoms with Gasteiger partial charge in [0.25, 0.3) is 0 Å². The highest BCUT2D eigenvalue weighted by molar-refractivity contribution is 9.10. The molecule has 0 aliphatic heterocycles. The van der Waals surface area contributed by atoms with Gasteiger partial charge in [-0.2, -0.15) is 5.26 Å². The molecule has 0 saturated heterocycles. The molecule has 0 heterocycles. The molecule has 108 valence electrons. The zero-order chi connectivity index (χ0) is 15.5. The molecule has 2 aromatic rings. The molecule has 0 saturated carbocycles. The summed E-state index contributed by atoms with van der Waals surface area (Å²) in [5.41, 5.74) is 1.03. The standard InChI is InChI=1S/C14H8BrF3N2O/c15-10-4-5-12(13(7-10)21-14(16,17)18)20-11-3-1-2-9(6-11)8-19/h1-7,20H. The van der Waals surface area contributed by atoms with Crippen LogP contribution >= 0.6 is 15.9 Å². The maximum absolute atomic E-state index is 12.4. The van der Waals surface area contributed by atoms with E-state index in [0.717, 1.165) is 0 Å². The van der Waals surface area contributed by atoms with Gasteiger partial charge in [0.15, 0.2) is 5.75 Å². The van der Waals surface area contributed by atoms with E-state index in [-0.39, 0.29) is 11.4 Å². The summed E-state index contributed by atoms with van der Waals surface area (Å²) in [5, 5.41) is 11.6. The van der Waals surface area contributed by atoms with Crippen molar-refractivity contribution in [3.63, 3.8) is 0 Å². The minimum absolute atomic E-state index is 0.144. The lowest BCUT2D eigenvalue weighted by molar-refractivity contribution is -0.274. The summed E-state index contributed by atoms with van der Waals surface area (Å²) in [6.45, 7) is 0. The zero-order valence-corrected chi connectivity index (χ0v) is 12.0. The highest BCUT2D eigenvalue weighted by atomic mass is 79.9. The molecule has 1 N–H and O–H groups in total. The summed E-state index contributed by atoms with van der Waals surface area (Å²) in [5.74, 6) is -0.362. The van der Waals surface area contributed by atoms with E-state index >= 15 is 0 Å². The topological polar surface area (TPSA) is 45.0 Å². The maximum atomic E-state index is 12.4. The van der Waals surface area contributed by atoms with Gasteiger partial charge in [-0.3, -0.25) is 0 Å². The van der Waals surface area contributed by atoms with Gasteiger partial charge in [0, 0.05) is 10.2 Å². The van der Waals surface area contributed by atoms with E-state index in [0.29, 0.717) is 15.7 Å². The average Bonchev–Trinajstić information content (AvgIpc) is 2.40. The molecule has 0 spiro atoms. The Labute approximate surface area is 127 Å². The Morgan fingerprint density at radius 3 is 2.57 bits per heavy atom. The van der Waals surface area contributed by atoms with Gasteiger partial charge in [-0.15, -0.1) is 13.2 Å². The largest absolute Gasteiger partial charge is 0.573 e. The number of hydrogen-bond donors (Lipinski definition) is 1. The SMILES string of the molecule is N#Cc1cccc(Nc2ccc(Br)cc2OC(F)(F)F)c1. The number of halogens is 4. The molecule has 0 amide bonds. The van der Waals surface area contributed by atoms with Crippen LogP contribution in [0.4, 0.5) is 24.5 Å². The van der Waals surface area contributed by atoms with E-state index in [2.05, 4.69) is 26.0 Å². The average molecular weight is 357 g/mol. The van der Waals surface area contributed by atoms with E-state index in [1.54, 1.807) is 24.3 Å². The monoisotopic (exact) mass is 356 g/mol. The van der Waals surface area contributed by atoms with Crippen molar-refractivity contribution in [2.24, 2.45) is 0 Å². The first-order valence-electron chi connectivity index (χ1n) is 5.70. The Kier molecular flexibility index (Phi) is 4.38. The number of alkyl halides is 3. The highest BCUT2D eigenvalue weighted by Gasteiger charge is 2.32. The van der Waals surface area contributed by atoms with Crippen LogP contribution in [0.25, 0.3) is 0 Å².